The van der Waals surface area contributed by atoms with Crippen LogP contribution in [0.4, 0.5) is 5.69 Å². The Hall–Kier alpha value is -1.41. The molecule has 104 valence electrons. The first-order valence-corrected chi connectivity index (χ1v) is 8.24. The normalized spacial score (nSPS) is 15.3. The van der Waals surface area contributed by atoms with E-state index in [1.165, 1.54) is 53.4 Å². The lowest BCUT2D eigenvalue weighted by Crippen LogP contribution is -2.29. The molecule has 0 bridgehead atoms. The van der Waals surface area contributed by atoms with E-state index in [0.717, 1.165) is 0 Å². The molecule has 0 saturated carbocycles. The van der Waals surface area contributed by atoms with Gasteiger partial charge in [0.1, 0.15) is 0 Å². The van der Waals surface area contributed by atoms with Crippen LogP contribution in [-0.4, -0.2) is 13.1 Å². The van der Waals surface area contributed by atoms with Crippen molar-refractivity contribution in [3.63, 3.8) is 0 Å². The van der Waals surface area contributed by atoms with E-state index in [1.54, 1.807) is 0 Å². The summed E-state index contributed by atoms with van der Waals surface area (Å²) in [5.74, 6) is 0. The van der Waals surface area contributed by atoms with Crippen molar-refractivity contribution in [2.24, 2.45) is 0 Å². The molecule has 1 fully saturated rings. The van der Waals surface area contributed by atoms with Crippen LogP contribution in [0.1, 0.15) is 24.8 Å². The summed E-state index contributed by atoms with van der Waals surface area (Å²) in [5, 5.41) is 0. The number of anilines is 1. The van der Waals surface area contributed by atoms with Gasteiger partial charge in [-0.05, 0) is 49.9 Å². The number of hydrogen-bond donors (Lipinski definition) is 0. The van der Waals surface area contributed by atoms with Crippen molar-refractivity contribution in [2.75, 3.05) is 18.0 Å². The van der Waals surface area contributed by atoms with Crippen molar-refractivity contribution < 1.29 is 0 Å². The molecule has 2 aromatic rings. The highest BCUT2D eigenvalue weighted by molar-refractivity contribution is 7.99. The maximum Gasteiger partial charge on any atom is 0.0508 e. The molecule has 2 aromatic carbocycles. The molecule has 0 aromatic heterocycles. The molecule has 1 aliphatic rings. The van der Waals surface area contributed by atoms with Crippen molar-refractivity contribution in [1.29, 1.82) is 0 Å². The molecule has 0 atom stereocenters. The smallest absolute Gasteiger partial charge is 0.0508 e. The predicted molar refractivity (Wildman–Crippen MR) is 87.8 cm³/mol. The lowest BCUT2D eigenvalue weighted by Gasteiger charge is -2.30. The molecule has 3 rings (SSSR count). The average molecular weight is 283 g/mol. The molecule has 1 aliphatic heterocycles. The number of para-hydroxylation sites is 1. The largest absolute Gasteiger partial charge is 0.371 e. The Morgan fingerprint density at radius 3 is 2.20 bits per heavy atom. The van der Waals surface area contributed by atoms with Gasteiger partial charge in [0, 0.05) is 22.9 Å². The van der Waals surface area contributed by atoms with Gasteiger partial charge in [-0.25, -0.2) is 0 Å². The Bertz CT molecular complexity index is 573. The van der Waals surface area contributed by atoms with Crippen molar-refractivity contribution in [3.05, 3.63) is 54.1 Å². The maximum atomic E-state index is 2.55. The van der Waals surface area contributed by atoms with Crippen LogP contribution in [0.15, 0.2) is 58.3 Å². The Morgan fingerprint density at radius 2 is 1.45 bits per heavy atom. The number of benzene rings is 2. The van der Waals surface area contributed by atoms with Crippen molar-refractivity contribution in [1.82, 2.24) is 0 Å². The third kappa shape index (κ3) is 3.01. The van der Waals surface area contributed by atoms with Gasteiger partial charge in [0.25, 0.3) is 0 Å². The monoisotopic (exact) mass is 283 g/mol. The van der Waals surface area contributed by atoms with E-state index in [4.69, 9.17) is 0 Å². The Balaban J connectivity index is 1.88. The first-order valence-electron chi connectivity index (χ1n) is 7.42. The minimum Gasteiger partial charge on any atom is -0.371 e. The van der Waals surface area contributed by atoms with Crippen LogP contribution in [0.2, 0.25) is 0 Å². The summed E-state index contributed by atoms with van der Waals surface area (Å²) in [4.78, 5) is 5.28. The summed E-state index contributed by atoms with van der Waals surface area (Å²) in [6.45, 7) is 4.59. The van der Waals surface area contributed by atoms with Crippen molar-refractivity contribution >= 4 is 17.4 Å². The quantitative estimate of drug-likeness (QED) is 0.767. The van der Waals surface area contributed by atoms with Gasteiger partial charge >= 0.3 is 0 Å². The topological polar surface area (TPSA) is 3.24 Å². The van der Waals surface area contributed by atoms with Crippen LogP contribution in [0.3, 0.4) is 0 Å². The second kappa shape index (κ2) is 6.36. The summed E-state index contributed by atoms with van der Waals surface area (Å²) in [7, 11) is 0. The summed E-state index contributed by atoms with van der Waals surface area (Å²) in [6, 6.07) is 17.5. The minimum atomic E-state index is 1.20. The third-order valence-electron chi connectivity index (χ3n) is 3.88. The first kappa shape index (κ1) is 13.6. The maximum absolute atomic E-state index is 2.55. The zero-order valence-corrected chi connectivity index (χ0v) is 12.8. The van der Waals surface area contributed by atoms with Crippen LogP contribution in [0.5, 0.6) is 0 Å². The molecule has 0 radical (unpaired) electrons. The molecule has 0 aliphatic carbocycles. The van der Waals surface area contributed by atoms with Gasteiger partial charge in [-0.3, -0.25) is 0 Å². The second-order valence-corrected chi connectivity index (χ2v) is 6.47. The molecule has 1 saturated heterocycles. The summed E-state index contributed by atoms with van der Waals surface area (Å²) in [5.41, 5.74) is 2.76. The SMILES string of the molecule is Cc1ccccc1Sc1ccccc1N1CCCCC1. The number of aryl methyl sites for hydroxylation is 1. The van der Waals surface area contributed by atoms with E-state index in [9.17, 15) is 0 Å². The van der Waals surface area contributed by atoms with Gasteiger partial charge in [-0.1, -0.05) is 42.1 Å². The zero-order valence-electron chi connectivity index (χ0n) is 12.0. The molecule has 1 nitrogen and oxygen atoms in total. The highest BCUT2D eigenvalue weighted by Gasteiger charge is 2.14. The Labute approximate surface area is 126 Å². The lowest BCUT2D eigenvalue weighted by atomic mass is 10.1. The zero-order chi connectivity index (χ0) is 13.8. The van der Waals surface area contributed by atoms with Crippen LogP contribution in [0.25, 0.3) is 0 Å². The van der Waals surface area contributed by atoms with Gasteiger partial charge < -0.3 is 4.90 Å². The molecule has 0 N–H and O–H groups in total. The van der Waals surface area contributed by atoms with Crippen LogP contribution < -0.4 is 4.90 Å². The fraction of sp³-hybridized carbons (Fsp3) is 0.333. The molecular weight excluding hydrogens is 262 g/mol. The standard InChI is InChI=1S/C18H21NS/c1-15-9-3-5-11-17(15)20-18-12-6-4-10-16(18)19-13-7-2-8-14-19/h3-6,9-12H,2,7-8,13-14H2,1H3. The van der Waals surface area contributed by atoms with E-state index in [1.807, 2.05) is 11.8 Å². The Morgan fingerprint density at radius 1 is 0.800 bits per heavy atom. The molecule has 0 unspecified atom stereocenters. The van der Waals surface area contributed by atoms with E-state index >= 15 is 0 Å². The predicted octanol–water partition coefficient (Wildman–Crippen LogP) is 5.14. The summed E-state index contributed by atoms with van der Waals surface area (Å²) in [6.07, 6.45) is 4.02. The van der Waals surface area contributed by atoms with Gasteiger partial charge in [-0.15, -0.1) is 0 Å². The van der Waals surface area contributed by atoms with Gasteiger partial charge in [0.2, 0.25) is 0 Å². The van der Waals surface area contributed by atoms with Gasteiger partial charge in [-0.2, -0.15) is 0 Å². The number of nitrogens with zero attached hydrogens (tertiary/aromatic N) is 1. The third-order valence-corrected chi connectivity index (χ3v) is 5.12. The highest BCUT2D eigenvalue weighted by Crippen LogP contribution is 2.37. The van der Waals surface area contributed by atoms with E-state index < -0.39 is 0 Å². The van der Waals surface area contributed by atoms with Crippen LogP contribution >= 0.6 is 11.8 Å². The second-order valence-electron chi connectivity index (χ2n) is 5.38. The summed E-state index contributed by atoms with van der Waals surface area (Å²) < 4.78 is 0. The van der Waals surface area contributed by atoms with Gasteiger partial charge in [0.05, 0.1) is 5.69 Å². The Kier molecular flexibility index (Phi) is 4.31. The minimum absolute atomic E-state index is 1.20. The fourth-order valence-corrected chi connectivity index (χ4v) is 3.79. The average Bonchev–Trinajstić information content (AvgIpc) is 2.51. The van der Waals surface area contributed by atoms with E-state index in [-0.39, 0.29) is 0 Å². The molecule has 2 heteroatoms. The molecule has 1 heterocycles. The fourth-order valence-electron chi connectivity index (χ4n) is 2.73. The molecular formula is C18H21NS. The number of rotatable bonds is 3. The lowest BCUT2D eigenvalue weighted by molar-refractivity contribution is 0.575. The molecule has 0 spiro atoms. The number of hydrogen-bond acceptors (Lipinski definition) is 2. The number of piperidine rings is 1. The van der Waals surface area contributed by atoms with E-state index in [2.05, 4.69) is 60.4 Å². The van der Waals surface area contributed by atoms with Crippen molar-refractivity contribution in [3.8, 4) is 0 Å². The van der Waals surface area contributed by atoms with Gasteiger partial charge in [0.15, 0.2) is 0 Å². The van der Waals surface area contributed by atoms with E-state index in [0.29, 0.717) is 0 Å². The summed E-state index contributed by atoms with van der Waals surface area (Å²) >= 11 is 1.89. The molecule has 0 amide bonds. The first-order chi connectivity index (χ1) is 9.84. The van der Waals surface area contributed by atoms with Crippen LogP contribution in [0, 0.1) is 6.92 Å². The van der Waals surface area contributed by atoms with Crippen molar-refractivity contribution in [2.45, 2.75) is 36.0 Å². The highest BCUT2D eigenvalue weighted by atomic mass is 32.2. The van der Waals surface area contributed by atoms with Crippen LogP contribution in [-0.2, 0) is 0 Å². The molecule has 20 heavy (non-hydrogen) atoms.